The van der Waals surface area contributed by atoms with Crippen molar-refractivity contribution >= 4 is 47.7 Å². The zero-order valence-corrected chi connectivity index (χ0v) is 27.8. The second kappa shape index (κ2) is 20.7. The molecule has 0 amide bonds. The van der Waals surface area contributed by atoms with Gasteiger partial charge in [-0.2, -0.15) is 0 Å². The van der Waals surface area contributed by atoms with Gasteiger partial charge >= 0.3 is 21.1 Å². The van der Waals surface area contributed by atoms with Gasteiger partial charge in [0.15, 0.2) is 0 Å². The molecule has 6 aromatic carbocycles. The minimum atomic E-state index is -0.877. The Kier molecular flexibility index (Phi) is 16.9. The van der Waals surface area contributed by atoms with Gasteiger partial charge in [-0.1, -0.05) is 109 Å². The molecule has 2 nitrogen and oxygen atoms in total. The van der Waals surface area contributed by atoms with Gasteiger partial charge in [0.25, 0.3) is 0 Å². The molecule has 0 spiro atoms. The topological polar surface area (TPSA) is 47.6 Å². The molecule has 5 heteroatoms. The van der Waals surface area contributed by atoms with Crippen LogP contribution in [0, 0.1) is 23.7 Å². The van der Waals surface area contributed by atoms with Crippen molar-refractivity contribution in [3.8, 4) is 0 Å². The maximum atomic E-state index is 6.25. The van der Waals surface area contributed by atoms with Crippen LogP contribution in [0.1, 0.15) is 0 Å². The van der Waals surface area contributed by atoms with E-state index in [1.807, 2.05) is 0 Å². The van der Waals surface area contributed by atoms with E-state index in [0.29, 0.717) is 0 Å². The van der Waals surface area contributed by atoms with Crippen LogP contribution in [0.25, 0.3) is 0 Å². The fraction of sp³-hybridized carbons (Fsp3) is 0. The van der Waals surface area contributed by atoms with E-state index in [0.717, 1.165) is 0 Å². The first-order valence-electron chi connectivity index (χ1n) is 13.4. The Morgan fingerprint density at radius 2 is 0.372 bits per heavy atom. The number of benzene rings is 6. The molecule has 0 N–H and O–H groups in total. The van der Waals surface area contributed by atoms with E-state index < -0.39 is 15.8 Å². The maximum absolute atomic E-state index is 6.25. The monoisotopic (exact) mass is 773 g/mol. The van der Waals surface area contributed by atoms with Crippen molar-refractivity contribution in [1.29, 1.82) is 10.5 Å². The van der Waals surface area contributed by atoms with Gasteiger partial charge in [-0.3, -0.25) is 0 Å². The molecule has 6 rings (SSSR count). The van der Waals surface area contributed by atoms with Crippen LogP contribution in [0.15, 0.2) is 182 Å². The fourth-order valence-electron chi connectivity index (χ4n) is 4.63. The van der Waals surface area contributed by atoms with Crippen molar-refractivity contribution in [3.05, 3.63) is 195 Å². The average Bonchev–Trinajstić information content (AvgIpc) is 3.10. The summed E-state index contributed by atoms with van der Waals surface area (Å²) in [7, 11) is -1.75. The molecule has 0 fully saturated rings. The van der Waals surface area contributed by atoms with Crippen LogP contribution >= 0.6 is 15.8 Å². The number of nitrogens with zero attached hydrogens (tertiary/aromatic N) is 2. The van der Waals surface area contributed by atoms with Gasteiger partial charge in [0.1, 0.15) is 31.8 Å². The first kappa shape index (κ1) is 35.0. The van der Waals surface area contributed by atoms with Gasteiger partial charge in [0, 0.05) is 0 Å². The van der Waals surface area contributed by atoms with E-state index in [4.69, 9.17) is 23.7 Å². The summed E-state index contributed by atoms with van der Waals surface area (Å²) in [5.41, 5.74) is 0. The molecule has 0 aliphatic rings. The minimum absolute atomic E-state index is 0. The summed E-state index contributed by atoms with van der Waals surface area (Å²) < 4.78 is 0. The first-order chi connectivity index (χ1) is 20.9. The summed E-state index contributed by atoms with van der Waals surface area (Å²) in [4.78, 5) is 0. The molecule has 0 unspecified atom stereocenters. The van der Waals surface area contributed by atoms with E-state index in [-0.39, 0.29) is 21.1 Å². The molecule has 0 atom stereocenters. The van der Waals surface area contributed by atoms with E-state index >= 15 is 0 Å². The van der Waals surface area contributed by atoms with Gasteiger partial charge in [0.05, 0.1) is 15.8 Å². The molecule has 212 valence electrons. The molecular weight excluding hydrogens is 741 g/mol. The molecule has 0 saturated carbocycles. The van der Waals surface area contributed by atoms with Gasteiger partial charge in [-0.25, -0.2) is 0 Å². The molecule has 0 radical (unpaired) electrons. The Morgan fingerprint density at radius 3 is 0.488 bits per heavy atom. The standard InChI is InChI=1S/2C18H15P.2CN.Pt/c2*1-4-10-16(11-5-1)19(17-12-6-2-7-13-17)18-14-8-3-9-15-18;2*1-2;/h2*1-15H;;;/q;;2*-1;+2/p+2. The normalized spacial score (nSPS) is 9.44. The summed E-state index contributed by atoms with van der Waals surface area (Å²) in [5.74, 6) is 0. The van der Waals surface area contributed by atoms with Crippen LogP contribution in [-0.4, -0.2) is 0 Å². The third-order valence-electron chi connectivity index (χ3n) is 6.37. The van der Waals surface area contributed by atoms with Crippen molar-refractivity contribution in [2.75, 3.05) is 0 Å². The summed E-state index contributed by atoms with van der Waals surface area (Å²) >= 11 is 0. The Labute approximate surface area is 273 Å². The van der Waals surface area contributed by atoms with Crippen LogP contribution in [0.5, 0.6) is 0 Å². The van der Waals surface area contributed by atoms with Crippen molar-refractivity contribution in [2.45, 2.75) is 0 Å². The molecular formula is C38H32N2P2Pt+2. The van der Waals surface area contributed by atoms with Crippen LogP contribution in [0.2, 0.25) is 0 Å². The number of rotatable bonds is 6. The molecule has 0 aliphatic heterocycles. The SMILES string of the molecule is [C-]#N.[C-]#N.[Pt+2].c1ccc([PH+](c2ccccc2)c2ccccc2)cc1.c1ccc([PH+](c2ccccc2)c2ccccc2)cc1. The molecule has 0 bridgehead atoms. The third-order valence-corrected chi connectivity index (χ3v) is 11.8. The molecule has 0 heterocycles. The second-order valence-electron chi connectivity index (χ2n) is 8.95. The number of hydrogen-bond donors (Lipinski definition) is 0. The predicted octanol–water partition coefficient (Wildman–Crippen LogP) is 6.54. The van der Waals surface area contributed by atoms with E-state index in [2.05, 4.69) is 182 Å². The third kappa shape index (κ3) is 10.6. The molecule has 43 heavy (non-hydrogen) atoms. The average molecular weight is 774 g/mol. The van der Waals surface area contributed by atoms with E-state index in [9.17, 15) is 0 Å². The quantitative estimate of drug-likeness (QED) is 0.143. The van der Waals surface area contributed by atoms with Gasteiger partial charge < -0.3 is 23.7 Å². The number of hydrogen-bond acceptors (Lipinski definition) is 2. The Morgan fingerprint density at radius 1 is 0.256 bits per heavy atom. The van der Waals surface area contributed by atoms with Crippen LogP contribution in [-0.2, 0) is 21.1 Å². The van der Waals surface area contributed by atoms with E-state index in [1.165, 1.54) is 31.8 Å². The van der Waals surface area contributed by atoms with Crippen molar-refractivity contribution in [1.82, 2.24) is 0 Å². The van der Waals surface area contributed by atoms with E-state index in [1.54, 1.807) is 0 Å². The van der Waals surface area contributed by atoms with Crippen molar-refractivity contribution < 1.29 is 21.1 Å². The zero-order valence-electron chi connectivity index (χ0n) is 23.5. The molecule has 0 saturated heterocycles. The maximum Gasteiger partial charge on any atom is 2.00 e. The fourth-order valence-corrected chi connectivity index (χ4v) is 9.78. The van der Waals surface area contributed by atoms with Crippen LogP contribution < -0.4 is 31.8 Å². The summed E-state index contributed by atoms with van der Waals surface area (Å²) in [6, 6.07) is 65.0. The first-order valence-corrected chi connectivity index (χ1v) is 16.4. The summed E-state index contributed by atoms with van der Waals surface area (Å²) in [6.45, 7) is 9.50. The Balaban J connectivity index is 0.000000264. The molecule has 6 aromatic rings. The smallest absolute Gasteiger partial charge is 0.512 e. The van der Waals surface area contributed by atoms with Gasteiger partial charge in [0.2, 0.25) is 0 Å². The Hall–Kier alpha value is -4.15. The zero-order chi connectivity index (χ0) is 29.8. The largest absolute Gasteiger partial charge is 2.00 e. The minimum Gasteiger partial charge on any atom is -0.512 e. The molecule has 0 aliphatic carbocycles. The van der Waals surface area contributed by atoms with Crippen LogP contribution in [0.3, 0.4) is 0 Å². The predicted molar refractivity (Wildman–Crippen MR) is 183 cm³/mol. The van der Waals surface area contributed by atoms with Crippen molar-refractivity contribution in [3.63, 3.8) is 0 Å². The summed E-state index contributed by atoms with van der Waals surface area (Å²) in [6.07, 6.45) is 0. The second-order valence-corrected chi connectivity index (χ2v) is 13.9. The van der Waals surface area contributed by atoms with Gasteiger partial charge in [-0.15, -0.1) is 0 Å². The Bertz CT molecular complexity index is 1270. The van der Waals surface area contributed by atoms with Crippen molar-refractivity contribution in [2.24, 2.45) is 0 Å². The van der Waals surface area contributed by atoms with Crippen LogP contribution in [0.4, 0.5) is 0 Å². The van der Waals surface area contributed by atoms with Gasteiger partial charge in [-0.05, 0) is 72.8 Å². The summed E-state index contributed by atoms with van der Waals surface area (Å²) in [5, 5.41) is 21.1. The molecule has 0 aromatic heterocycles.